The number of morpholine rings is 1. The summed E-state index contributed by atoms with van der Waals surface area (Å²) in [6.45, 7) is 1.35. The summed E-state index contributed by atoms with van der Waals surface area (Å²) in [5, 5.41) is 4.20. The minimum absolute atomic E-state index is 0.109. The number of hydrogen-bond acceptors (Lipinski definition) is 7. The Morgan fingerprint density at radius 3 is 2.92 bits per heavy atom. The van der Waals surface area contributed by atoms with E-state index in [1.807, 2.05) is 19.0 Å². The van der Waals surface area contributed by atoms with Gasteiger partial charge in [0.15, 0.2) is 11.5 Å². The predicted molar refractivity (Wildman–Crippen MR) is 93.9 cm³/mol. The zero-order chi connectivity index (χ0) is 18.1. The highest BCUT2D eigenvalue weighted by Gasteiger charge is 2.30. The van der Waals surface area contributed by atoms with Crippen molar-refractivity contribution in [3.63, 3.8) is 0 Å². The maximum absolute atomic E-state index is 13.0. The Morgan fingerprint density at radius 2 is 2.08 bits per heavy atom. The quantitative estimate of drug-likeness (QED) is 0.688. The van der Waals surface area contributed by atoms with E-state index in [0.29, 0.717) is 30.9 Å². The first-order valence-corrected chi connectivity index (χ1v) is 8.32. The lowest BCUT2D eigenvalue weighted by Crippen LogP contribution is -2.42. The summed E-state index contributed by atoms with van der Waals surface area (Å²) in [5.41, 5.74) is 1.76. The van der Waals surface area contributed by atoms with Crippen LogP contribution < -0.4 is 4.90 Å². The summed E-state index contributed by atoms with van der Waals surface area (Å²) >= 11 is 0. The molecule has 9 heteroatoms. The van der Waals surface area contributed by atoms with Gasteiger partial charge in [0.2, 0.25) is 0 Å². The zero-order valence-corrected chi connectivity index (χ0v) is 14.6. The smallest absolute Gasteiger partial charge is 0.259 e. The lowest BCUT2D eigenvalue weighted by molar-refractivity contribution is -0.0245. The van der Waals surface area contributed by atoms with E-state index >= 15 is 0 Å². The number of nitrogens with zero attached hydrogens (tertiary/aromatic N) is 7. The summed E-state index contributed by atoms with van der Waals surface area (Å²) in [6, 6.07) is 1.77. The lowest BCUT2D eigenvalue weighted by atomic mass is 10.1. The van der Waals surface area contributed by atoms with Gasteiger partial charge in [-0.15, -0.1) is 0 Å². The number of carbonyl (C=O) groups excluding carboxylic acids is 1. The van der Waals surface area contributed by atoms with Crippen molar-refractivity contribution in [3.8, 4) is 0 Å². The molecular weight excluding hydrogens is 334 g/mol. The third kappa shape index (κ3) is 2.86. The third-order valence-corrected chi connectivity index (χ3v) is 4.30. The Morgan fingerprint density at radius 1 is 1.23 bits per heavy atom. The fourth-order valence-corrected chi connectivity index (χ4v) is 3.06. The molecule has 3 aromatic rings. The molecule has 0 aliphatic carbocycles. The molecule has 1 fully saturated rings. The van der Waals surface area contributed by atoms with Crippen LogP contribution in [0.2, 0.25) is 0 Å². The molecule has 26 heavy (non-hydrogen) atoms. The summed E-state index contributed by atoms with van der Waals surface area (Å²) in [6.07, 6.45) is 7.94. The monoisotopic (exact) mass is 353 g/mol. The van der Waals surface area contributed by atoms with Gasteiger partial charge in [-0.1, -0.05) is 0 Å². The minimum atomic E-state index is -0.325. The molecule has 3 aromatic heterocycles. The van der Waals surface area contributed by atoms with Crippen LogP contribution >= 0.6 is 0 Å². The first-order chi connectivity index (χ1) is 12.6. The molecule has 0 N–H and O–H groups in total. The molecule has 134 valence electrons. The van der Waals surface area contributed by atoms with Crippen molar-refractivity contribution in [2.45, 2.75) is 6.10 Å². The SMILES string of the molecule is CN(C)c1nccnc1[C@@H]1CN(C(=O)c2cnn3cccnc23)CCO1. The van der Waals surface area contributed by atoms with E-state index in [4.69, 9.17) is 4.74 Å². The van der Waals surface area contributed by atoms with Crippen LogP contribution in [0.1, 0.15) is 22.2 Å². The average Bonchev–Trinajstić information content (AvgIpc) is 3.11. The summed E-state index contributed by atoms with van der Waals surface area (Å²) in [7, 11) is 3.81. The highest BCUT2D eigenvalue weighted by Crippen LogP contribution is 2.27. The fourth-order valence-electron chi connectivity index (χ4n) is 3.06. The van der Waals surface area contributed by atoms with Gasteiger partial charge in [0.25, 0.3) is 5.91 Å². The van der Waals surface area contributed by atoms with Gasteiger partial charge in [-0.3, -0.25) is 9.78 Å². The van der Waals surface area contributed by atoms with Crippen molar-refractivity contribution in [2.75, 3.05) is 38.7 Å². The van der Waals surface area contributed by atoms with Crippen molar-refractivity contribution in [1.29, 1.82) is 0 Å². The lowest BCUT2D eigenvalue weighted by Gasteiger charge is -2.33. The van der Waals surface area contributed by atoms with Crippen LogP contribution in [0.3, 0.4) is 0 Å². The van der Waals surface area contributed by atoms with Crippen LogP contribution in [-0.4, -0.2) is 69.2 Å². The van der Waals surface area contributed by atoms with E-state index in [9.17, 15) is 4.79 Å². The van der Waals surface area contributed by atoms with Crippen molar-refractivity contribution in [3.05, 3.63) is 48.3 Å². The highest BCUT2D eigenvalue weighted by molar-refractivity contribution is 5.99. The molecule has 1 amide bonds. The van der Waals surface area contributed by atoms with Gasteiger partial charge >= 0.3 is 0 Å². The molecule has 1 aliphatic rings. The number of fused-ring (bicyclic) bond motifs is 1. The summed E-state index contributed by atoms with van der Waals surface area (Å²) in [4.78, 5) is 29.7. The maximum atomic E-state index is 13.0. The molecule has 0 radical (unpaired) electrons. The molecule has 0 saturated carbocycles. The van der Waals surface area contributed by atoms with E-state index < -0.39 is 0 Å². The Hall–Kier alpha value is -3.07. The van der Waals surface area contributed by atoms with Gasteiger partial charge in [0, 0.05) is 45.4 Å². The van der Waals surface area contributed by atoms with Crippen molar-refractivity contribution in [2.24, 2.45) is 0 Å². The van der Waals surface area contributed by atoms with Gasteiger partial charge in [0.05, 0.1) is 19.3 Å². The van der Waals surface area contributed by atoms with Crippen molar-refractivity contribution >= 4 is 17.4 Å². The number of rotatable bonds is 3. The van der Waals surface area contributed by atoms with E-state index in [0.717, 1.165) is 11.5 Å². The molecule has 0 aromatic carbocycles. The first kappa shape index (κ1) is 16.4. The number of amides is 1. The number of carbonyl (C=O) groups is 1. The number of aromatic nitrogens is 5. The van der Waals surface area contributed by atoms with Crippen molar-refractivity contribution < 1.29 is 9.53 Å². The van der Waals surface area contributed by atoms with Crippen LogP contribution in [-0.2, 0) is 4.74 Å². The molecule has 0 bridgehead atoms. The van der Waals surface area contributed by atoms with Gasteiger partial charge in [0.1, 0.15) is 17.4 Å². The number of ether oxygens (including phenoxy) is 1. The number of hydrogen-bond donors (Lipinski definition) is 0. The van der Waals surface area contributed by atoms with Gasteiger partial charge in [-0.05, 0) is 6.07 Å². The second-order valence-corrected chi connectivity index (χ2v) is 6.22. The molecule has 1 aliphatic heterocycles. The van der Waals surface area contributed by atoms with E-state index in [2.05, 4.69) is 20.1 Å². The van der Waals surface area contributed by atoms with E-state index in [1.54, 1.807) is 46.5 Å². The molecule has 9 nitrogen and oxygen atoms in total. The Balaban J connectivity index is 1.60. The van der Waals surface area contributed by atoms with Crippen molar-refractivity contribution in [1.82, 2.24) is 29.5 Å². The Bertz CT molecular complexity index is 940. The molecule has 4 heterocycles. The predicted octanol–water partition coefficient (Wildman–Crippen LogP) is 0.799. The second-order valence-electron chi connectivity index (χ2n) is 6.22. The molecular formula is C17H19N7O2. The highest BCUT2D eigenvalue weighted by atomic mass is 16.5. The maximum Gasteiger partial charge on any atom is 0.259 e. The second kappa shape index (κ2) is 6.68. The van der Waals surface area contributed by atoms with Gasteiger partial charge < -0.3 is 14.5 Å². The van der Waals surface area contributed by atoms with E-state index in [1.165, 1.54) is 0 Å². The zero-order valence-electron chi connectivity index (χ0n) is 14.6. The minimum Gasteiger partial charge on any atom is -0.368 e. The van der Waals surface area contributed by atoms with Crippen LogP contribution in [0.25, 0.3) is 5.65 Å². The standard InChI is InChI=1S/C17H19N7O2/c1-22(2)16-14(18-5-6-20-16)13-11-23(8-9-26-13)17(25)12-10-21-24-7-3-4-19-15(12)24/h3-7,10,13H,8-9,11H2,1-2H3/t13-/m0/s1. The topological polar surface area (TPSA) is 88.8 Å². The van der Waals surface area contributed by atoms with Crippen LogP contribution in [0.4, 0.5) is 5.82 Å². The summed E-state index contributed by atoms with van der Waals surface area (Å²) in [5.74, 6) is 0.631. The first-order valence-electron chi connectivity index (χ1n) is 8.32. The van der Waals surface area contributed by atoms with Crippen LogP contribution in [0.15, 0.2) is 37.1 Å². The fraction of sp³-hybridized carbons (Fsp3) is 0.353. The molecule has 0 spiro atoms. The Labute approximate surface area is 150 Å². The molecule has 1 atom stereocenters. The third-order valence-electron chi connectivity index (χ3n) is 4.30. The number of anilines is 1. The van der Waals surface area contributed by atoms with E-state index in [-0.39, 0.29) is 12.0 Å². The average molecular weight is 353 g/mol. The van der Waals surface area contributed by atoms with Gasteiger partial charge in [-0.25, -0.2) is 14.5 Å². The molecule has 4 rings (SSSR count). The normalized spacial score (nSPS) is 17.5. The molecule has 1 saturated heterocycles. The largest absolute Gasteiger partial charge is 0.368 e. The molecule has 0 unspecified atom stereocenters. The van der Waals surface area contributed by atoms with Crippen LogP contribution in [0.5, 0.6) is 0 Å². The van der Waals surface area contributed by atoms with Crippen LogP contribution in [0, 0.1) is 0 Å². The summed E-state index contributed by atoms with van der Waals surface area (Å²) < 4.78 is 7.48. The van der Waals surface area contributed by atoms with Gasteiger partial charge in [-0.2, -0.15) is 5.10 Å². The Kier molecular flexibility index (Phi) is 4.21.